The minimum absolute atomic E-state index is 0.152. The molecule has 2 rings (SSSR count). The van der Waals surface area contributed by atoms with E-state index in [1.54, 1.807) is 34.7 Å². The van der Waals surface area contributed by atoms with Gasteiger partial charge in [-0.15, -0.1) is 0 Å². The Morgan fingerprint density at radius 2 is 1.74 bits per heavy atom. The second kappa shape index (κ2) is 12.5. The van der Waals surface area contributed by atoms with Gasteiger partial charge in [0.15, 0.2) is 5.69 Å². The zero-order chi connectivity index (χ0) is 25.3. The molecule has 1 heterocycles. The first-order valence-electron chi connectivity index (χ1n) is 11.1. The normalized spacial score (nSPS) is 14.1. The summed E-state index contributed by atoms with van der Waals surface area (Å²) < 4.78 is 5.69. The van der Waals surface area contributed by atoms with E-state index in [2.05, 4.69) is 20.6 Å². The first-order chi connectivity index (χ1) is 16.1. The van der Waals surface area contributed by atoms with Crippen molar-refractivity contribution in [2.24, 2.45) is 10.9 Å². The predicted octanol–water partition coefficient (Wildman–Crippen LogP) is 2.29. The lowest BCUT2D eigenvalue weighted by Crippen LogP contribution is -2.51. The van der Waals surface area contributed by atoms with Gasteiger partial charge in [0.05, 0.1) is 0 Å². The van der Waals surface area contributed by atoms with Gasteiger partial charge in [0.2, 0.25) is 5.91 Å². The van der Waals surface area contributed by atoms with E-state index < -0.39 is 30.1 Å². The molecule has 34 heavy (non-hydrogen) atoms. The SMILES string of the molecule is CN=C(C)C(NC(=O)c1ncccc1O)C(C)OC(=O)C(Cc1ccccc1)NC(=O)C(C)C. The molecule has 3 N–H and O–H groups in total. The number of esters is 1. The van der Waals surface area contributed by atoms with E-state index in [4.69, 9.17) is 4.74 Å². The van der Waals surface area contributed by atoms with Crippen LogP contribution in [0.3, 0.4) is 0 Å². The van der Waals surface area contributed by atoms with Crippen molar-refractivity contribution in [3.8, 4) is 5.75 Å². The van der Waals surface area contributed by atoms with Gasteiger partial charge in [-0.1, -0.05) is 44.2 Å². The number of aromatic hydroxyl groups is 1. The molecule has 182 valence electrons. The maximum absolute atomic E-state index is 13.1. The van der Waals surface area contributed by atoms with Crippen LogP contribution in [0.1, 0.15) is 43.7 Å². The van der Waals surface area contributed by atoms with Gasteiger partial charge in [-0.05, 0) is 31.5 Å². The second-order valence-electron chi connectivity index (χ2n) is 8.23. The lowest BCUT2D eigenvalue weighted by molar-refractivity contribution is -0.153. The minimum atomic E-state index is -0.908. The summed E-state index contributed by atoms with van der Waals surface area (Å²) >= 11 is 0. The summed E-state index contributed by atoms with van der Waals surface area (Å²) in [6.07, 6.45) is 0.824. The summed E-state index contributed by atoms with van der Waals surface area (Å²) in [5, 5.41) is 15.4. The Hall–Kier alpha value is -3.75. The van der Waals surface area contributed by atoms with Crippen LogP contribution in [-0.4, -0.2) is 58.8 Å². The van der Waals surface area contributed by atoms with E-state index in [1.807, 2.05) is 30.3 Å². The molecule has 2 amide bonds. The highest BCUT2D eigenvalue weighted by Gasteiger charge is 2.31. The molecular weight excluding hydrogens is 436 g/mol. The first kappa shape index (κ1) is 26.5. The van der Waals surface area contributed by atoms with E-state index >= 15 is 0 Å². The molecule has 0 bridgehead atoms. The van der Waals surface area contributed by atoms with Gasteiger partial charge in [0, 0.05) is 31.3 Å². The van der Waals surface area contributed by atoms with E-state index in [1.165, 1.54) is 18.3 Å². The Morgan fingerprint density at radius 3 is 2.32 bits per heavy atom. The largest absolute Gasteiger partial charge is 0.505 e. The fourth-order valence-corrected chi connectivity index (χ4v) is 3.20. The number of hydrogen-bond acceptors (Lipinski definition) is 7. The predicted molar refractivity (Wildman–Crippen MR) is 129 cm³/mol. The van der Waals surface area contributed by atoms with E-state index in [0.29, 0.717) is 5.71 Å². The smallest absolute Gasteiger partial charge is 0.329 e. The van der Waals surface area contributed by atoms with Crippen LogP contribution >= 0.6 is 0 Å². The third-order valence-corrected chi connectivity index (χ3v) is 5.27. The van der Waals surface area contributed by atoms with Crippen molar-refractivity contribution in [1.29, 1.82) is 0 Å². The number of carbonyl (C=O) groups is 3. The zero-order valence-electron chi connectivity index (χ0n) is 20.1. The average molecular weight is 469 g/mol. The maximum atomic E-state index is 13.1. The number of carbonyl (C=O) groups excluding carboxylic acids is 3. The average Bonchev–Trinajstić information content (AvgIpc) is 2.82. The van der Waals surface area contributed by atoms with Crippen LogP contribution in [0.5, 0.6) is 5.75 Å². The highest BCUT2D eigenvalue weighted by molar-refractivity contribution is 5.99. The Morgan fingerprint density at radius 1 is 1.06 bits per heavy atom. The highest BCUT2D eigenvalue weighted by atomic mass is 16.5. The molecule has 0 fully saturated rings. The van der Waals surface area contributed by atoms with Crippen LogP contribution < -0.4 is 10.6 Å². The fourth-order valence-electron chi connectivity index (χ4n) is 3.20. The summed E-state index contributed by atoms with van der Waals surface area (Å²) in [5.41, 5.74) is 1.22. The molecule has 3 unspecified atom stereocenters. The number of aromatic nitrogens is 1. The van der Waals surface area contributed by atoms with Gasteiger partial charge in [-0.2, -0.15) is 0 Å². The third-order valence-electron chi connectivity index (χ3n) is 5.27. The molecule has 0 saturated carbocycles. The van der Waals surface area contributed by atoms with Crippen molar-refractivity contribution in [3.05, 3.63) is 59.9 Å². The van der Waals surface area contributed by atoms with Gasteiger partial charge < -0.3 is 20.5 Å². The molecule has 9 heteroatoms. The van der Waals surface area contributed by atoms with E-state index in [-0.39, 0.29) is 29.7 Å². The molecule has 1 aromatic carbocycles. The van der Waals surface area contributed by atoms with Crippen LogP contribution in [0.15, 0.2) is 53.7 Å². The molecule has 0 spiro atoms. The summed E-state index contributed by atoms with van der Waals surface area (Å²) in [6.45, 7) is 6.79. The van der Waals surface area contributed by atoms with Crippen LogP contribution in [-0.2, 0) is 20.7 Å². The molecule has 9 nitrogen and oxygen atoms in total. The minimum Gasteiger partial charge on any atom is -0.505 e. The first-order valence-corrected chi connectivity index (χ1v) is 11.1. The third kappa shape index (κ3) is 7.40. The molecule has 0 radical (unpaired) electrons. The molecule has 1 aromatic heterocycles. The number of amides is 2. The number of ether oxygens (including phenoxy) is 1. The standard InChI is InChI=1S/C25H32N4O5/c1-15(2)23(31)28-19(14-18-10-7-6-8-11-18)25(33)34-17(4)21(16(3)26-5)29-24(32)22-20(30)12-9-13-27-22/h6-13,15,17,19,21,30H,14H2,1-5H3,(H,28,31)(H,29,32). The summed E-state index contributed by atoms with van der Waals surface area (Å²) in [5.74, 6) is -2.12. The van der Waals surface area contributed by atoms with Gasteiger partial charge in [-0.3, -0.25) is 14.6 Å². The van der Waals surface area contributed by atoms with Crippen LogP contribution in [0.2, 0.25) is 0 Å². The molecule has 3 atom stereocenters. The lowest BCUT2D eigenvalue weighted by Gasteiger charge is -2.27. The van der Waals surface area contributed by atoms with Gasteiger partial charge in [0.25, 0.3) is 5.91 Å². The van der Waals surface area contributed by atoms with Gasteiger partial charge in [-0.25, -0.2) is 9.78 Å². The zero-order valence-corrected chi connectivity index (χ0v) is 20.1. The molecule has 0 saturated heterocycles. The molecule has 0 aliphatic carbocycles. The molecule has 2 aromatic rings. The van der Waals surface area contributed by atoms with Gasteiger partial charge in [0.1, 0.15) is 23.9 Å². The molecular formula is C25H32N4O5. The second-order valence-corrected chi connectivity index (χ2v) is 8.23. The van der Waals surface area contributed by atoms with Crippen molar-refractivity contribution in [1.82, 2.24) is 15.6 Å². The Kier molecular flexibility index (Phi) is 9.73. The fraction of sp³-hybridized carbons (Fsp3) is 0.400. The topological polar surface area (TPSA) is 130 Å². The number of pyridine rings is 1. The number of rotatable bonds is 10. The number of benzene rings is 1. The Labute approximate surface area is 199 Å². The summed E-state index contributed by atoms with van der Waals surface area (Å²) in [6, 6.07) is 10.5. The monoisotopic (exact) mass is 468 g/mol. The Balaban J connectivity index is 2.20. The van der Waals surface area contributed by atoms with Crippen LogP contribution in [0.25, 0.3) is 0 Å². The van der Waals surface area contributed by atoms with E-state index in [0.717, 1.165) is 5.56 Å². The van der Waals surface area contributed by atoms with Crippen LogP contribution in [0, 0.1) is 5.92 Å². The van der Waals surface area contributed by atoms with Crippen molar-refractivity contribution < 1.29 is 24.2 Å². The van der Waals surface area contributed by atoms with Crippen molar-refractivity contribution in [3.63, 3.8) is 0 Å². The lowest BCUT2D eigenvalue weighted by atomic mass is 10.0. The number of hydrogen-bond donors (Lipinski definition) is 3. The van der Waals surface area contributed by atoms with Gasteiger partial charge >= 0.3 is 5.97 Å². The molecule has 0 aliphatic rings. The quantitative estimate of drug-likeness (QED) is 0.362. The maximum Gasteiger partial charge on any atom is 0.329 e. The van der Waals surface area contributed by atoms with E-state index in [9.17, 15) is 19.5 Å². The number of nitrogens with one attached hydrogen (secondary N) is 2. The highest BCUT2D eigenvalue weighted by Crippen LogP contribution is 2.14. The molecule has 0 aliphatic heterocycles. The number of aliphatic imine (C=N–C) groups is 1. The summed E-state index contributed by atoms with van der Waals surface area (Å²) in [7, 11) is 1.56. The summed E-state index contributed by atoms with van der Waals surface area (Å²) in [4.78, 5) is 46.2. The van der Waals surface area contributed by atoms with Crippen molar-refractivity contribution in [2.45, 2.75) is 52.3 Å². The van der Waals surface area contributed by atoms with Crippen molar-refractivity contribution >= 4 is 23.5 Å². The number of nitrogens with zero attached hydrogens (tertiary/aromatic N) is 2. The van der Waals surface area contributed by atoms with Crippen LogP contribution in [0.4, 0.5) is 0 Å². The Bertz CT molecular complexity index is 1020. The van der Waals surface area contributed by atoms with Crippen molar-refractivity contribution in [2.75, 3.05) is 7.05 Å².